The van der Waals surface area contributed by atoms with Crippen molar-refractivity contribution >= 4 is 17.5 Å². The lowest BCUT2D eigenvalue weighted by Gasteiger charge is -2.35. The molecular formula is C19H27ClN2O. The minimum Gasteiger partial charge on any atom is -0.340 e. The van der Waals surface area contributed by atoms with Gasteiger partial charge in [0.15, 0.2) is 0 Å². The number of hydrogen-bond donors (Lipinski definition) is 0. The molecule has 126 valence electrons. The average molecular weight is 335 g/mol. The van der Waals surface area contributed by atoms with Gasteiger partial charge in [-0.05, 0) is 42.9 Å². The molecule has 2 atom stereocenters. The van der Waals surface area contributed by atoms with Crippen LogP contribution in [0.1, 0.15) is 38.2 Å². The number of rotatable bonds is 5. The number of hydrogen-bond acceptors (Lipinski definition) is 2. The minimum absolute atomic E-state index is 0.150. The normalized spacial score (nSPS) is 25.0. The maximum absolute atomic E-state index is 12.7. The van der Waals surface area contributed by atoms with E-state index in [1.165, 1.54) is 6.42 Å². The Labute approximate surface area is 144 Å². The van der Waals surface area contributed by atoms with E-state index in [1.54, 1.807) is 0 Å². The second kappa shape index (κ2) is 7.23. The van der Waals surface area contributed by atoms with Crippen LogP contribution in [0.2, 0.25) is 5.02 Å². The first-order valence-corrected chi connectivity index (χ1v) is 9.19. The Morgan fingerprint density at radius 3 is 2.57 bits per heavy atom. The van der Waals surface area contributed by atoms with Crippen LogP contribution in [0.15, 0.2) is 24.3 Å². The first-order valence-electron chi connectivity index (χ1n) is 8.82. The average Bonchev–Trinajstić information content (AvgIpc) is 3.33. The molecule has 1 saturated heterocycles. The van der Waals surface area contributed by atoms with E-state index in [9.17, 15) is 4.79 Å². The number of benzene rings is 1. The summed E-state index contributed by atoms with van der Waals surface area (Å²) in [5.74, 6) is 1.56. The molecule has 1 aliphatic carbocycles. The van der Waals surface area contributed by atoms with Crippen LogP contribution in [0.4, 0.5) is 0 Å². The molecule has 4 heteroatoms. The van der Waals surface area contributed by atoms with Crippen LogP contribution in [0.5, 0.6) is 0 Å². The second-order valence-electron chi connectivity index (χ2n) is 7.32. The van der Waals surface area contributed by atoms with Crippen LogP contribution in [0.3, 0.4) is 0 Å². The zero-order valence-corrected chi connectivity index (χ0v) is 14.9. The highest BCUT2D eigenvalue weighted by Gasteiger charge is 2.46. The van der Waals surface area contributed by atoms with E-state index in [2.05, 4.69) is 29.7 Å². The van der Waals surface area contributed by atoms with Crippen LogP contribution < -0.4 is 0 Å². The third-order valence-electron chi connectivity index (χ3n) is 5.12. The van der Waals surface area contributed by atoms with Gasteiger partial charge in [-0.3, -0.25) is 9.69 Å². The topological polar surface area (TPSA) is 23.6 Å². The Bertz CT molecular complexity index is 552. The summed E-state index contributed by atoms with van der Waals surface area (Å²) in [6.45, 7) is 9.48. The molecule has 1 aromatic carbocycles. The molecule has 2 aliphatic rings. The summed E-state index contributed by atoms with van der Waals surface area (Å²) in [6.07, 6.45) is 2.20. The number of piperazine rings is 1. The molecule has 1 heterocycles. The van der Waals surface area contributed by atoms with Gasteiger partial charge in [0.05, 0.1) is 0 Å². The summed E-state index contributed by atoms with van der Waals surface area (Å²) >= 11 is 6.26. The number of carbonyl (C=O) groups excluding carboxylic acids is 1. The molecule has 2 fully saturated rings. The molecule has 3 nitrogen and oxygen atoms in total. The van der Waals surface area contributed by atoms with Crippen molar-refractivity contribution in [2.24, 2.45) is 11.8 Å². The van der Waals surface area contributed by atoms with Crippen LogP contribution in [-0.2, 0) is 4.79 Å². The summed E-state index contributed by atoms with van der Waals surface area (Å²) in [5.41, 5.74) is 1.14. The summed E-state index contributed by atoms with van der Waals surface area (Å²) in [7, 11) is 0. The first kappa shape index (κ1) is 16.8. The van der Waals surface area contributed by atoms with Gasteiger partial charge in [0, 0.05) is 37.1 Å². The molecule has 2 unspecified atom stereocenters. The number of nitrogens with zero attached hydrogens (tertiary/aromatic N) is 2. The van der Waals surface area contributed by atoms with Crippen molar-refractivity contribution in [1.82, 2.24) is 9.80 Å². The van der Waals surface area contributed by atoms with Gasteiger partial charge < -0.3 is 4.90 Å². The number of halogens is 1. The van der Waals surface area contributed by atoms with Crippen LogP contribution in [0, 0.1) is 11.8 Å². The second-order valence-corrected chi connectivity index (χ2v) is 7.73. The van der Waals surface area contributed by atoms with E-state index < -0.39 is 0 Å². The maximum Gasteiger partial charge on any atom is 0.226 e. The van der Waals surface area contributed by atoms with E-state index in [1.807, 2.05) is 18.2 Å². The van der Waals surface area contributed by atoms with Crippen molar-refractivity contribution in [3.8, 4) is 0 Å². The smallest absolute Gasteiger partial charge is 0.226 e. The summed E-state index contributed by atoms with van der Waals surface area (Å²) in [6, 6.07) is 7.93. The quantitative estimate of drug-likeness (QED) is 0.821. The molecule has 0 N–H and O–H groups in total. The lowest BCUT2D eigenvalue weighted by molar-refractivity contribution is -0.134. The van der Waals surface area contributed by atoms with E-state index in [0.717, 1.165) is 55.6 Å². The van der Waals surface area contributed by atoms with E-state index >= 15 is 0 Å². The fourth-order valence-corrected chi connectivity index (χ4v) is 3.73. The van der Waals surface area contributed by atoms with Gasteiger partial charge in [-0.2, -0.15) is 0 Å². The third kappa shape index (κ3) is 4.07. The van der Waals surface area contributed by atoms with Gasteiger partial charge in [-0.15, -0.1) is 0 Å². The van der Waals surface area contributed by atoms with Crippen LogP contribution in [0.25, 0.3) is 0 Å². The lowest BCUT2D eigenvalue weighted by Crippen LogP contribution is -2.49. The predicted molar refractivity (Wildman–Crippen MR) is 94.8 cm³/mol. The van der Waals surface area contributed by atoms with Gasteiger partial charge in [-0.25, -0.2) is 0 Å². The highest BCUT2D eigenvalue weighted by atomic mass is 35.5. The largest absolute Gasteiger partial charge is 0.340 e. The fourth-order valence-electron chi connectivity index (χ4n) is 3.45. The standard InChI is InChI=1S/C19H27ClN2O/c1-14(2)7-8-21-9-11-22(12-10-21)19(23)17-13-16(17)15-5-3-4-6-18(15)20/h3-6,14,16-17H,7-13H2,1-2H3. The number of amides is 1. The summed E-state index contributed by atoms with van der Waals surface area (Å²) in [4.78, 5) is 17.2. The van der Waals surface area contributed by atoms with Crippen molar-refractivity contribution in [3.63, 3.8) is 0 Å². The van der Waals surface area contributed by atoms with E-state index in [0.29, 0.717) is 11.8 Å². The molecular weight excluding hydrogens is 308 g/mol. The fraction of sp³-hybridized carbons (Fsp3) is 0.632. The van der Waals surface area contributed by atoms with Gasteiger partial charge in [0.2, 0.25) is 5.91 Å². The molecule has 0 bridgehead atoms. The Morgan fingerprint density at radius 1 is 1.22 bits per heavy atom. The Balaban J connectivity index is 1.49. The lowest BCUT2D eigenvalue weighted by atomic mass is 10.1. The van der Waals surface area contributed by atoms with Crippen molar-refractivity contribution in [2.45, 2.75) is 32.6 Å². The zero-order chi connectivity index (χ0) is 16.4. The highest BCUT2D eigenvalue weighted by molar-refractivity contribution is 6.31. The minimum atomic E-state index is 0.150. The van der Waals surface area contributed by atoms with Crippen LogP contribution in [-0.4, -0.2) is 48.4 Å². The molecule has 1 amide bonds. The molecule has 0 spiro atoms. The molecule has 1 saturated carbocycles. The molecule has 1 aliphatic heterocycles. The van der Waals surface area contributed by atoms with Crippen molar-refractivity contribution < 1.29 is 4.79 Å². The Morgan fingerprint density at radius 2 is 1.91 bits per heavy atom. The summed E-state index contributed by atoms with van der Waals surface area (Å²) in [5, 5.41) is 0.798. The van der Waals surface area contributed by atoms with Gasteiger partial charge in [0.25, 0.3) is 0 Å². The zero-order valence-electron chi connectivity index (χ0n) is 14.2. The van der Waals surface area contributed by atoms with Crippen LogP contribution >= 0.6 is 11.6 Å². The monoisotopic (exact) mass is 334 g/mol. The molecule has 1 aromatic rings. The first-order chi connectivity index (χ1) is 11.1. The highest BCUT2D eigenvalue weighted by Crippen LogP contribution is 2.50. The molecule has 23 heavy (non-hydrogen) atoms. The van der Waals surface area contributed by atoms with Crippen molar-refractivity contribution in [1.29, 1.82) is 0 Å². The molecule has 3 rings (SSSR count). The summed E-state index contributed by atoms with van der Waals surface area (Å²) < 4.78 is 0. The Kier molecular flexibility index (Phi) is 5.27. The molecule has 0 aromatic heterocycles. The van der Waals surface area contributed by atoms with Crippen molar-refractivity contribution in [2.75, 3.05) is 32.7 Å². The van der Waals surface area contributed by atoms with Crippen molar-refractivity contribution in [3.05, 3.63) is 34.9 Å². The van der Waals surface area contributed by atoms with Gasteiger partial charge in [-0.1, -0.05) is 43.6 Å². The Hall–Kier alpha value is -1.06. The van der Waals surface area contributed by atoms with E-state index in [-0.39, 0.29) is 5.92 Å². The number of carbonyl (C=O) groups is 1. The third-order valence-corrected chi connectivity index (χ3v) is 5.46. The predicted octanol–water partition coefficient (Wildman–Crippen LogP) is 3.63. The van der Waals surface area contributed by atoms with Gasteiger partial charge >= 0.3 is 0 Å². The molecule has 0 radical (unpaired) electrons. The SMILES string of the molecule is CC(C)CCN1CCN(C(=O)C2CC2c2ccccc2Cl)CC1. The maximum atomic E-state index is 12.7. The van der Waals surface area contributed by atoms with E-state index in [4.69, 9.17) is 11.6 Å². The van der Waals surface area contributed by atoms with Gasteiger partial charge in [0.1, 0.15) is 0 Å².